The van der Waals surface area contributed by atoms with Crippen LogP contribution in [0.15, 0.2) is 53.6 Å². The zero-order valence-corrected chi connectivity index (χ0v) is 12.7. The summed E-state index contributed by atoms with van der Waals surface area (Å²) in [5.74, 6) is -1.01. The predicted octanol–water partition coefficient (Wildman–Crippen LogP) is 4.44. The van der Waals surface area contributed by atoms with Crippen LogP contribution in [-0.4, -0.2) is 16.6 Å². The predicted molar refractivity (Wildman–Crippen MR) is 84.5 cm³/mol. The molecule has 2 aromatic rings. The molecule has 3 nitrogen and oxygen atoms in total. The molecule has 0 saturated carbocycles. The average Bonchev–Trinajstić information content (AvgIpc) is 2.89. The lowest BCUT2D eigenvalue weighted by molar-refractivity contribution is 0.0706. The lowest BCUT2D eigenvalue weighted by Crippen LogP contribution is -2.28. The highest BCUT2D eigenvalue weighted by atomic mass is 35.5. The van der Waals surface area contributed by atoms with Crippen LogP contribution in [0, 0.1) is 5.82 Å². The summed E-state index contributed by atoms with van der Waals surface area (Å²) in [5, 5.41) is 6.18. The molecule has 2 aromatic carbocycles. The molecule has 5 heteroatoms. The van der Waals surface area contributed by atoms with E-state index in [1.807, 2.05) is 25.1 Å². The Labute approximate surface area is 133 Å². The number of hydrogen-bond donors (Lipinski definition) is 0. The molecule has 22 heavy (non-hydrogen) atoms. The van der Waals surface area contributed by atoms with Crippen molar-refractivity contribution in [2.45, 2.75) is 19.4 Å². The highest BCUT2D eigenvalue weighted by Gasteiger charge is 2.33. The second-order valence-electron chi connectivity index (χ2n) is 5.21. The number of rotatable bonds is 2. The molecule has 0 spiro atoms. The van der Waals surface area contributed by atoms with Crippen molar-refractivity contribution in [2.24, 2.45) is 5.10 Å². The summed E-state index contributed by atoms with van der Waals surface area (Å²) in [5.41, 5.74) is 1.64. The standard InChI is InChI=1S/C17H14ClFN2O/c1-11-10-16(12-6-2-4-8-14(12)18)21(20-11)17(22)13-7-3-5-9-15(13)19/h2-9,16H,10H2,1H3. The first-order chi connectivity index (χ1) is 10.6. The number of nitrogens with zero attached hydrogens (tertiary/aromatic N) is 2. The Bertz CT molecular complexity index is 760. The molecule has 0 fully saturated rings. The average molecular weight is 317 g/mol. The van der Waals surface area contributed by atoms with E-state index in [1.165, 1.54) is 17.1 Å². The zero-order chi connectivity index (χ0) is 15.7. The SMILES string of the molecule is CC1=NN(C(=O)c2ccccc2F)C(c2ccccc2Cl)C1. The minimum absolute atomic E-state index is 0.0120. The minimum atomic E-state index is -0.551. The van der Waals surface area contributed by atoms with Gasteiger partial charge in [-0.25, -0.2) is 9.40 Å². The van der Waals surface area contributed by atoms with Crippen LogP contribution in [0.2, 0.25) is 5.02 Å². The lowest BCUT2D eigenvalue weighted by atomic mass is 10.0. The summed E-state index contributed by atoms with van der Waals surface area (Å²) in [6, 6.07) is 12.9. The first-order valence-electron chi connectivity index (χ1n) is 6.94. The van der Waals surface area contributed by atoms with E-state index in [4.69, 9.17) is 11.6 Å². The van der Waals surface area contributed by atoms with Crippen LogP contribution in [0.5, 0.6) is 0 Å². The molecule has 0 saturated heterocycles. The van der Waals surface area contributed by atoms with Crippen molar-refractivity contribution in [1.82, 2.24) is 5.01 Å². The molecule has 0 radical (unpaired) electrons. The maximum atomic E-state index is 13.9. The van der Waals surface area contributed by atoms with Crippen molar-refractivity contribution < 1.29 is 9.18 Å². The summed E-state index contributed by atoms with van der Waals surface area (Å²) in [6.45, 7) is 1.85. The van der Waals surface area contributed by atoms with Crippen LogP contribution in [0.3, 0.4) is 0 Å². The highest BCUT2D eigenvalue weighted by Crippen LogP contribution is 2.35. The van der Waals surface area contributed by atoms with E-state index in [2.05, 4.69) is 5.10 Å². The molecule has 1 heterocycles. The van der Waals surface area contributed by atoms with Gasteiger partial charge in [0.05, 0.1) is 11.6 Å². The van der Waals surface area contributed by atoms with Gasteiger partial charge in [0, 0.05) is 17.2 Å². The van der Waals surface area contributed by atoms with Crippen LogP contribution in [0.25, 0.3) is 0 Å². The van der Waals surface area contributed by atoms with E-state index in [-0.39, 0.29) is 11.6 Å². The number of carbonyl (C=O) groups excluding carboxylic acids is 1. The van der Waals surface area contributed by atoms with Crippen molar-refractivity contribution >= 4 is 23.2 Å². The van der Waals surface area contributed by atoms with E-state index >= 15 is 0 Å². The van der Waals surface area contributed by atoms with Gasteiger partial charge in [0.1, 0.15) is 5.82 Å². The Hall–Kier alpha value is -2.20. The van der Waals surface area contributed by atoms with E-state index in [1.54, 1.807) is 18.2 Å². The molecule has 0 aliphatic carbocycles. The third-order valence-corrected chi connectivity index (χ3v) is 3.98. The third kappa shape index (κ3) is 2.62. The molecule has 3 rings (SSSR count). The van der Waals surface area contributed by atoms with E-state index in [9.17, 15) is 9.18 Å². The fourth-order valence-corrected chi connectivity index (χ4v) is 2.85. The molecule has 0 aromatic heterocycles. The summed E-state index contributed by atoms with van der Waals surface area (Å²) >= 11 is 6.24. The monoisotopic (exact) mass is 316 g/mol. The molecule has 1 atom stereocenters. The van der Waals surface area contributed by atoms with Crippen molar-refractivity contribution in [3.8, 4) is 0 Å². The number of amides is 1. The van der Waals surface area contributed by atoms with Gasteiger partial charge in [-0.2, -0.15) is 5.10 Å². The van der Waals surface area contributed by atoms with Crippen molar-refractivity contribution in [3.63, 3.8) is 0 Å². The first kappa shape index (κ1) is 14.7. The molecule has 1 aliphatic heterocycles. The van der Waals surface area contributed by atoms with Crippen LogP contribution < -0.4 is 0 Å². The van der Waals surface area contributed by atoms with Crippen molar-refractivity contribution in [3.05, 3.63) is 70.5 Å². The van der Waals surface area contributed by atoms with E-state index < -0.39 is 11.7 Å². The smallest absolute Gasteiger partial charge is 0.267 e. The fraction of sp³-hybridized carbons (Fsp3) is 0.176. The van der Waals surface area contributed by atoms with Gasteiger partial charge < -0.3 is 0 Å². The van der Waals surface area contributed by atoms with Gasteiger partial charge in [0.2, 0.25) is 0 Å². The summed E-state index contributed by atoms with van der Waals surface area (Å²) in [4.78, 5) is 12.6. The number of benzene rings is 2. The van der Waals surface area contributed by atoms with Crippen LogP contribution in [-0.2, 0) is 0 Å². The number of carbonyl (C=O) groups is 1. The molecule has 1 amide bonds. The molecule has 112 valence electrons. The highest BCUT2D eigenvalue weighted by molar-refractivity contribution is 6.31. The molecule has 1 unspecified atom stereocenters. The lowest BCUT2D eigenvalue weighted by Gasteiger charge is -2.23. The second kappa shape index (κ2) is 5.89. The molecule has 0 N–H and O–H groups in total. The zero-order valence-electron chi connectivity index (χ0n) is 12.0. The Kier molecular flexibility index (Phi) is 3.94. The topological polar surface area (TPSA) is 32.7 Å². The summed E-state index contributed by atoms with van der Waals surface area (Å²) in [7, 11) is 0. The van der Waals surface area contributed by atoms with Gasteiger partial charge >= 0.3 is 0 Å². The molecular weight excluding hydrogens is 303 g/mol. The summed E-state index contributed by atoms with van der Waals surface area (Å²) < 4.78 is 13.9. The van der Waals surface area contributed by atoms with Crippen molar-refractivity contribution in [2.75, 3.05) is 0 Å². The van der Waals surface area contributed by atoms with Gasteiger partial charge in [-0.15, -0.1) is 0 Å². The number of hydrogen-bond acceptors (Lipinski definition) is 2. The quantitative estimate of drug-likeness (QED) is 0.806. The van der Waals surface area contributed by atoms with Gasteiger partial charge in [0.25, 0.3) is 5.91 Å². The Morgan fingerprint density at radius 2 is 1.91 bits per heavy atom. The first-order valence-corrected chi connectivity index (χ1v) is 7.32. The van der Waals surface area contributed by atoms with Crippen LogP contribution >= 0.6 is 11.6 Å². The third-order valence-electron chi connectivity index (χ3n) is 3.64. The minimum Gasteiger partial charge on any atom is -0.267 e. The summed E-state index contributed by atoms with van der Waals surface area (Å²) in [6.07, 6.45) is 0.587. The normalized spacial score (nSPS) is 17.5. The largest absolute Gasteiger partial charge is 0.277 e. The van der Waals surface area contributed by atoms with Crippen LogP contribution in [0.1, 0.15) is 35.3 Å². The Morgan fingerprint density at radius 1 is 1.23 bits per heavy atom. The maximum absolute atomic E-state index is 13.9. The van der Waals surface area contributed by atoms with E-state index in [0.29, 0.717) is 11.4 Å². The van der Waals surface area contributed by atoms with Gasteiger partial charge in [-0.3, -0.25) is 4.79 Å². The van der Waals surface area contributed by atoms with Gasteiger partial charge in [0.15, 0.2) is 0 Å². The molecular formula is C17H14ClFN2O. The van der Waals surface area contributed by atoms with Gasteiger partial charge in [-0.05, 0) is 30.7 Å². The molecule has 0 bridgehead atoms. The Morgan fingerprint density at radius 3 is 2.64 bits per heavy atom. The van der Waals surface area contributed by atoms with Gasteiger partial charge in [-0.1, -0.05) is 41.9 Å². The van der Waals surface area contributed by atoms with E-state index in [0.717, 1.165) is 11.3 Å². The molecule has 1 aliphatic rings. The fourth-order valence-electron chi connectivity index (χ4n) is 2.59. The maximum Gasteiger partial charge on any atom is 0.277 e. The second-order valence-corrected chi connectivity index (χ2v) is 5.61. The number of halogens is 2. The van der Waals surface area contributed by atoms with Crippen LogP contribution in [0.4, 0.5) is 4.39 Å². The number of hydrazone groups is 1. The Balaban J connectivity index is 1.99. The van der Waals surface area contributed by atoms with Crippen molar-refractivity contribution in [1.29, 1.82) is 0 Å².